The summed E-state index contributed by atoms with van der Waals surface area (Å²) >= 11 is 0. The van der Waals surface area contributed by atoms with Gasteiger partial charge in [-0.1, -0.05) is 24.3 Å². The molecule has 0 unspecified atom stereocenters. The highest BCUT2D eigenvalue weighted by Crippen LogP contribution is 2.23. The molecule has 3 rings (SSSR count). The Morgan fingerprint density at radius 3 is 2.62 bits per heavy atom. The van der Waals surface area contributed by atoms with E-state index in [1.54, 1.807) is 0 Å². The molecular formula is C18H23N3O3. The van der Waals surface area contributed by atoms with E-state index in [4.69, 9.17) is 5.11 Å². The summed E-state index contributed by atoms with van der Waals surface area (Å²) in [5, 5.41) is 26.3. The van der Waals surface area contributed by atoms with Gasteiger partial charge in [-0.15, -0.1) is 0 Å². The first-order chi connectivity index (χ1) is 11.5. The van der Waals surface area contributed by atoms with Crippen molar-refractivity contribution in [1.82, 2.24) is 15.1 Å². The first-order valence-electron chi connectivity index (χ1n) is 8.20. The maximum Gasteiger partial charge on any atom is 0.307 e. The largest absolute Gasteiger partial charge is 0.481 e. The molecule has 6 heteroatoms. The number of hydrogen-bond acceptors (Lipinski definition) is 4. The molecular weight excluding hydrogens is 306 g/mol. The number of carbonyl (C=O) groups is 1. The van der Waals surface area contributed by atoms with E-state index < -0.39 is 5.97 Å². The molecule has 0 amide bonds. The number of aliphatic hydroxyl groups excluding tert-OH is 1. The van der Waals surface area contributed by atoms with E-state index in [0.717, 1.165) is 42.0 Å². The van der Waals surface area contributed by atoms with Crippen LogP contribution in [0.2, 0.25) is 0 Å². The van der Waals surface area contributed by atoms with Crippen LogP contribution >= 0.6 is 0 Å². The third-order valence-corrected chi connectivity index (χ3v) is 4.50. The second kappa shape index (κ2) is 7.15. The molecule has 0 spiro atoms. The van der Waals surface area contributed by atoms with E-state index in [1.807, 2.05) is 37.3 Å². The van der Waals surface area contributed by atoms with Crippen molar-refractivity contribution in [3.63, 3.8) is 0 Å². The summed E-state index contributed by atoms with van der Waals surface area (Å²) in [4.78, 5) is 12.9. The van der Waals surface area contributed by atoms with Crippen molar-refractivity contribution in [1.29, 1.82) is 0 Å². The molecule has 6 nitrogen and oxygen atoms in total. The number of nitrogens with one attached hydrogen (secondary N) is 1. The summed E-state index contributed by atoms with van der Waals surface area (Å²) in [5.74, 6) is -0.624. The molecule has 2 atom stereocenters. The highest BCUT2D eigenvalue weighted by molar-refractivity contribution is 5.70. The number of aromatic amines is 1. The number of β-amino-alcohol motifs (C(OH)–C–C–N with tert-alkyl or cyclic N) is 1. The van der Waals surface area contributed by atoms with Gasteiger partial charge in [-0.2, -0.15) is 5.10 Å². The normalized spacial score (nSPS) is 21.2. The summed E-state index contributed by atoms with van der Waals surface area (Å²) in [6.45, 7) is 4.23. The Morgan fingerprint density at radius 2 is 2.00 bits per heavy atom. The van der Waals surface area contributed by atoms with Crippen molar-refractivity contribution in [2.45, 2.75) is 32.4 Å². The molecule has 0 aliphatic carbocycles. The van der Waals surface area contributed by atoms with E-state index in [0.29, 0.717) is 6.54 Å². The van der Waals surface area contributed by atoms with Gasteiger partial charge in [0.15, 0.2) is 0 Å². The number of rotatable bonds is 6. The zero-order valence-electron chi connectivity index (χ0n) is 13.8. The first-order valence-corrected chi connectivity index (χ1v) is 8.20. The van der Waals surface area contributed by atoms with Crippen LogP contribution in [0.1, 0.15) is 22.5 Å². The molecule has 1 aromatic heterocycles. The Morgan fingerprint density at radius 1 is 1.29 bits per heavy atom. The van der Waals surface area contributed by atoms with Crippen LogP contribution in [0.4, 0.5) is 0 Å². The Hall–Kier alpha value is -2.18. The third-order valence-electron chi connectivity index (χ3n) is 4.50. The Labute approximate surface area is 141 Å². The first kappa shape index (κ1) is 16.7. The predicted molar refractivity (Wildman–Crippen MR) is 89.6 cm³/mol. The van der Waals surface area contributed by atoms with E-state index in [-0.39, 0.29) is 18.4 Å². The quantitative estimate of drug-likeness (QED) is 0.745. The minimum atomic E-state index is -0.818. The lowest BCUT2D eigenvalue weighted by Crippen LogP contribution is -2.21. The molecule has 1 aromatic carbocycles. The number of aliphatic carboxylic acids is 1. The monoisotopic (exact) mass is 329 g/mol. The Balaban J connectivity index is 1.55. The zero-order chi connectivity index (χ0) is 17.1. The van der Waals surface area contributed by atoms with E-state index >= 15 is 0 Å². The van der Waals surface area contributed by atoms with Crippen LogP contribution in [-0.4, -0.2) is 50.5 Å². The van der Waals surface area contributed by atoms with E-state index in [2.05, 4.69) is 15.1 Å². The van der Waals surface area contributed by atoms with Gasteiger partial charge in [0.1, 0.15) is 0 Å². The van der Waals surface area contributed by atoms with Gasteiger partial charge in [-0.25, -0.2) is 0 Å². The maximum atomic E-state index is 10.7. The lowest BCUT2D eigenvalue weighted by molar-refractivity contribution is -0.136. The standard InChI is InChI=1S/C18H23N3O3/c1-12-6-16(20-19-12)8-15-10-21(11-17(15)22)9-14-4-2-13(3-5-14)7-18(23)24/h2-6,15,17,22H,7-11H2,1H3,(H,19,20)(H,23,24)/t15-,17-/m1/s1. The van der Waals surface area contributed by atoms with Gasteiger partial charge in [0, 0.05) is 31.2 Å². The Kier molecular flexibility index (Phi) is 4.97. The van der Waals surface area contributed by atoms with Crippen LogP contribution < -0.4 is 0 Å². The summed E-state index contributed by atoms with van der Waals surface area (Å²) < 4.78 is 0. The van der Waals surface area contributed by atoms with E-state index in [9.17, 15) is 9.90 Å². The van der Waals surface area contributed by atoms with Gasteiger partial charge in [0.2, 0.25) is 0 Å². The van der Waals surface area contributed by atoms with Crippen LogP contribution in [0.5, 0.6) is 0 Å². The van der Waals surface area contributed by atoms with Crippen LogP contribution in [0.15, 0.2) is 30.3 Å². The van der Waals surface area contributed by atoms with Crippen LogP contribution in [0, 0.1) is 12.8 Å². The number of aryl methyl sites for hydroxylation is 1. The fraction of sp³-hybridized carbons (Fsp3) is 0.444. The smallest absolute Gasteiger partial charge is 0.307 e. The number of carboxylic acids is 1. The molecule has 1 aliphatic rings. The average molecular weight is 329 g/mol. The SMILES string of the molecule is Cc1cc(C[C@@H]2CN(Cc3ccc(CC(=O)O)cc3)C[C@H]2O)n[nH]1. The fourth-order valence-electron chi connectivity index (χ4n) is 3.31. The minimum absolute atomic E-state index is 0.0495. The Bertz CT molecular complexity index is 696. The van der Waals surface area contributed by atoms with Crippen molar-refractivity contribution in [2.75, 3.05) is 13.1 Å². The van der Waals surface area contributed by atoms with Gasteiger partial charge in [-0.05, 0) is 30.5 Å². The van der Waals surface area contributed by atoms with Gasteiger partial charge < -0.3 is 10.2 Å². The lowest BCUT2D eigenvalue weighted by Gasteiger charge is -2.15. The number of hydrogen-bond donors (Lipinski definition) is 3. The van der Waals surface area contributed by atoms with E-state index in [1.165, 1.54) is 0 Å². The molecule has 2 heterocycles. The fourth-order valence-corrected chi connectivity index (χ4v) is 3.31. The predicted octanol–water partition coefficient (Wildman–Crippen LogP) is 1.38. The zero-order valence-corrected chi connectivity index (χ0v) is 13.8. The van der Waals surface area contributed by atoms with Gasteiger partial charge in [0.05, 0.1) is 18.2 Å². The molecule has 1 saturated heterocycles. The number of H-pyrrole nitrogens is 1. The number of nitrogens with zero attached hydrogens (tertiary/aromatic N) is 2. The van der Waals surface area contributed by atoms with Gasteiger partial charge in [0.25, 0.3) is 0 Å². The molecule has 24 heavy (non-hydrogen) atoms. The minimum Gasteiger partial charge on any atom is -0.481 e. The molecule has 0 saturated carbocycles. The summed E-state index contributed by atoms with van der Waals surface area (Å²) in [6, 6.07) is 9.68. The molecule has 1 aliphatic heterocycles. The second-order valence-corrected chi connectivity index (χ2v) is 6.65. The average Bonchev–Trinajstić information content (AvgIpc) is 3.07. The number of benzene rings is 1. The van der Waals surface area contributed by atoms with Crippen molar-refractivity contribution in [3.05, 3.63) is 52.8 Å². The second-order valence-electron chi connectivity index (χ2n) is 6.65. The van der Waals surface area contributed by atoms with Crippen molar-refractivity contribution in [2.24, 2.45) is 5.92 Å². The van der Waals surface area contributed by atoms with Crippen LogP contribution in [0.3, 0.4) is 0 Å². The maximum absolute atomic E-state index is 10.7. The van der Waals surface area contributed by atoms with Gasteiger partial charge in [-0.3, -0.25) is 14.8 Å². The molecule has 1 fully saturated rings. The molecule has 0 radical (unpaired) electrons. The van der Waals surface area contributed by atoms with Crippen LogP contribution in [-0.2, 0) is 24.2 Å². The number of aromatic nitrogens is 2. The summed E-state index contributed by atoms with van der Waals surface area (Å²) in [5.41, 5.74) is 3.97. The molecule has 0 bridgehead atoms. The number of likely N-dealkylation sites (tertiary alicyclic amines) is 1. The number of aliphatic hydroxyl groups is 1. The highest BCUT2D eigenvalue weighted by Gasteiger charge is 2.31. The molecule has 3 N–H and O–H groups in total. The highest BCUT2D eigenvalue weighted by atomic mass is 16.4. The van der Waals surface area contributed by atoms with Crippen molar-refractivity contribution in [3.8, 4) is 0 Å². The van der Waals surface area contributed by atoms with Crippen LogP contribution in [0.25, 0.3) is 0 Å². The topological polar surface area (TPSA) is 89.5 Å². The van der Waals surface area contributed by atoms with Crippen molar-refractivity contribution < 1.29 is 15.0 Å². The molecule has 2 aromatic rings. The summed E-state index contributed by atoms with van der Waals surface area (Å²) in [6.07, 6.45) is 0.487. The summed E-state index contributed by atoms with van der Waals surface area (Å²) in [7, 11) is 0. The molecule has 128 valence electrons. The number of carboxylic acid groups (broad SMARTS) is 1. The van der Waals surface area contributed by atoms with Crippen molar-refractivity contribution >= 4 is 5.97 Å². The van der Waals surface area contributed by atoms with Gasteiger partial charge >= 0.3 is 5.97 Å². The lowest BCUT2D eigenvalue weighted by atomic mass is 10.0. The third kappa shape index (κ3) is 4.21.